The van der Waals surface area contributed by atoms with Crippen molar-refractivity contribution < 1.29 is 28.7 Å². The van der Waals surface area contributed by atoms with Crippen molar-refractivity contribution in [1.82, 2.24) is 4.90 Å². The molecule has 9 nitrogen and oxygen atoms in total. The Labute approximate surface area is 167 Å². The Morgan fingerprint density at radius 2 is 2.17 bits per heavy atom. The van der Waals surface area contributed by atoms with E-state index in [0.29, 0.717) is 24.4 Å². The average Bonchev–Trinajstić information content (AvgIpc) is 3.30. The molecule has 0 radical (unpaired) electrons. The van der Waals surface area contributed by atoms with E-state index in [9.17, 15) is 19.7 Å². The zero-order chi connectivity index (χ0) is 21.1. The van der Waals surface area contributed by atoms with Crippen molar-refractivity contribution in [2.75, 3.05) is 27.4 Å². The van der Waals surface area contributed by atoms with Crippen molar-refractivity contribution >= 4 is 23.6 Å². The molecule has 2 aliphatic heterocycles. The van der Waals surface area contributed by atoms with Gasteiger partial charge in [-0.25, -0.2) is 4.79 Å². The second kappa shape index (κ2) is 8.44. The minimum absolute atomic E-state index is 0.0887. The number of benzene rings is 1. The van der Waals surface area contributed by atoms with Gasteiger partial charge in [0.05, 0.1) is 42.9 Å². The standard InChI is InChI=1S/C20H22N2O7/c1-12-18(20(24)28-3)15(19(23)21(12)11-14-5-4-8-29-14)9-13-6-7-17(27-2)16(10-13)22(25)26/h6-7,9-10,14H,4-5,8,11H2,1-3H3. The second-order valence-corrected chi connectivity index (χ2v) is 6.75. The molecule has 1 aromatic rings. The van der Waals surface area contributed by atoms with Crippen molar-refractivity contribution in [2.24, 2.45) is 0 Å². The first kappa shape index (κ1) is 20.5. The van der Waals surface area contributed by atoms with Gasteiger partial charge in [-0.1, -0.05) is 6.07 Å². The van der Waals surface area contributed by atoms with Gasteiger partial charge in [0.2, 0.25) is 0 Å². The summed E-state index contributed by atoms with van der Waals surface area (Å²) in [6.07, 6.45) is 3.14. The maximum atomic E-state index is 13.1. The molecule has 3 rings (SSSR count). The van der Waals surface area contributed by atoms with E-state index in [4.69, 9.17) is 14.2 Å². The first-order chi connectivity index (χ1) is 13.9. The van der Waals surface area contributed by atoms with Gasteiger partial charge < -0.3 is 19.1 Å². The van der Waals surface area contributed by atoms with E-state index in [1.807, 2.05) is 0 Å². The molecule has 0 spiro atoms. The molecule has 1 unspecified atom stereocenters. The normalized spacial score (nSPS) is 20.5. The first-order valence-electron chi connectivity index (χ1n) is 9.14. The second-order valence-electron chi connectivity index (χ2n) is 6.75. The van der Waals surface area contributed by atoms with Gasteiger partial charge in [-0.3, -0.25) is 14.9 Å². The Morgan fingerprint density at radius 3 is 2.76 bits per heavy atom. The monoisotopic (exact) mass is 402 g/mol. The highest BCUT2D eigenvalue weighted by molar-refractivity contribution is 6.16. The van der Waals surface area contributed by atoms with Crippen molar-refractivity contribution in [3.05, 3.63) is 50.7 Å². The number of carbonyl (C=O) groups excluding carboxylic acids is 2. The minimum atomic E-state index is -0.639. The van der Waals surface area contributed by atoms with E-state index in [2.05, 4.69) is 0 Å². The van der Waals surface area contributed by atoms with Gasteiger partial charge in [-0.15, -0.1) is 0 Å². The minimum Gasteiger partial charge on any atom is -0.490 e. The SMILES string of the molecule is COC(=O)C1=C(C)N(CC2CCCO2)C(=O)C1=Cc1ccc(OC)c([N+](=O)[O-])c1. The Morgan fingerprint density at radius 1 is 1.41 bits per heavy atom. The van der Waals surface area contributed by atoms with Crippen LogP contribution in [-0.4, -0.2) is 55.2 Å². The molecule has 0 aliphatic carbocycles. The number of nitro benzene ring substituents is 1. The smallest absolute Gasteiger partial charge is 0.340 e. The number of hydrogen-bond donors (Lipinski definition) is 0. The number of ether oxygens (including phenoxy) is 3. The van der Waals surface area contributed by atoms with Crippen LogP contribution in [0.5, 0.6) is 5.75 Å². The van der Waals surface area contributed by atoms with Crippen molar-refractivity contribution in [3.63, 3.8) is 0 Å². The fourth-order valence-electron chi connectivity index (χ4n) is 3.55. The van der Waals surface area contributed by atoms with Crippen LogP contribution >= 0.6 is 0 Å². The van der Waals surface area contributed by atoms with E-state index in [-0.39, 0.29) is 34.6 Å². The number of methoxy groups -OCH3 is 2. The fraction of sp³-hybridized carbons (Fsp3) is 0.400. The van der Waals surface area contributed by atoms with Gasteiger partial charge in [0.15, 0.2) is 5.75 Å². The lowest BCUT2D eigenvalue weighted by atomic mass is 10.0. The summed E-state index contributed by atoms with van der Waals surface area (Å²) in [5, 5.41) is 11.3. The lowest BCUT2D eigenvalue weighted by molar-refractivity contribution is -0.385. The van der Waals surface area contributed by atoms with Crippen molar-refractivity contribution in [2.45, 2.75) is 25.9 Å². The van der Waals surface area contributed by atoms with Crippen LogP contribution in [0.15, 0.2) is 35.0 Å². The number of carbonyl (C=O) groups is 2. The number of rotatable bonds is 6. The molecule has 1 aromatic carbocycles. The zero-order valence-corrected chi connectivity index (χ0v) is 16.5. The maximum Gasteiger partial charge on any atom is 0.340 e. The number of esters is 1. The van der Waals surface area contributed by atoms with Gasteiger partial charge in [0.1, 0.15) is 0 Å². The van der Waals surface area contributed by atoms with E-state index >= 15 is 0 Å². The van der Waals surface area contributed by atoms with Crippen LogP contribution in [-0.2, 0) is 19.1 Å². The van der Waals surface area contributed by atoms with E-state index in [0.717, 1.165) is 12.8 Å². The lowest BCUT2D eigenvalue weighted by Gasteiger charge is -2.21. The molecule has 0 bridgehead atoms. The molecule has 1 atom stereocenters. The molecular weight excluding hydrogens is 380 g/mol. The number of amides is 1. The Balaban J connectivity index is 2.02. The molecule has 9 heteroatoms. The first-order valence-corrected chi connectivity index (χ1v) is 9.14. The molecule has 2 aliphatic rings. The van der Waals surface area contributed by atoms with Gasteiger partial charge in [-0.05, 0) is 37.5 Å². The molecule has 0 N–H and O–H groups in total. The van der Waals surface area contributed by atoms with Crippen molar-refractivity contribution in [1.29, 1.82) is 0 Å². The zero-order valence-electron chi connectivity index (χ0n) is 16.5. The third-order valence-electron chi connectivity index (χ3n) is 5.02. The van der Waals surface area contributed by atoms with Crippen LogP contribution in [0.3, 0.4) is 0 Å². The van der Waals surface area contributed by atoms with Crippen LogP contribution in [0.25, 0.3) is 6.08 Å². The molecular formula is C20H22N2O7. The third kappa shape index (κ3) is 4.00. The van der Waals surface area contributed by atoms with Crippen LogP contribution in [0.1, 0.15) is 25.3 Å². The fourth-order valence-corrected chi connectivity index (χ4v) is 3.55. The van der Waals surface area contributed by atoms with E-state index in [1.54, 1.807) is 13.0 Å². The summed E-state index contributed by atoms with van der Waals surface area (Å²) in [6.45, 7) is 2.67. The summed E-state index contributed by atoms with van der Waals surface area (Å²) in [4.78, 5) is 37.7. The quantitative estimate of drug-likeness (QED) is 0.311. The highest BCUT2D eigenvalue weighted by Crippen LogP contribution is 2.34. The Kier molecular flexibility index (Phi) is 5.97. The van der Waals surface area contributed by atoms with Crippen molar-refractivity contribution in [3.8, 4) is 5.75 Å². The van der Waals surface area contributed by atoms with Gasteiger partial charge in [-0.2, -0.15) is 0 Å². The highest BCUT2D eigenvalue weighted by Gasteiger charge is 2.38. The Hall–Kier alpha value is -3.20. The van der Waals surface area contributed by atoms with Crippen LogP contribution < -0.4 is 4.74 Å². The van der Waals surface area contributed by atoms with Crippen LogP contribution in [0, 0.1) is 10.1 Å². The predicted molar refractivity (Wildman–Crippen MR) is 103 cm³/mol. The van der Waals surface area contributed by atoms with E-state index < -0.39 is 10.9 Å². The van der Waals surface area contributed by atoms with Crippen LogP contribution in [0.2, 0.25) is 0 Å². The third-order valence-corrected chi connectivity index (χ3v) is 5.02. The van der Waals surface area contributed by atoms with E-state index in [1.165, 1.54) is 37.3 Å². The number of hydrogen-bond acceptors (Lipinski definition) is 7. The summed E-state index contributed by atoms with van der Waals surface area (Å²) in [7, 11) is 2.58. The Bertz CT molecular complexity index is 913. The molecule has 1 fully saturated rings. The number of nitrogens with zero attached hydrogens (tertiary/aromatic N) is 2. The molecule has 1 amide bonds. The molecule has 0 aromatic heterocycles. The van der Waals surface area contributed by atoms with Crippen LogP contribution in [0.4, 0.5) is 5.69 Å². The summed E-state index contributed by atoms with van der Waals surface area (Å²) in [5.74, 6) is -0.897. The largest absolute Gasteiger partial charge is 0.490 e. The summed E-state index contributed by atoms with van der Waals surface area (Å²) < 4.78 is 15.5. The molecule has 2 heterocycles. The number of allylic oxidation sites excluding steroid dienone is 1. The predicted octanol–water partition coefficient (Wildman–Crippen LogP) is 2.46. The molecule has 0 saturated carbocycles. The lowest BCUT2D eigenvalue weighted by Crippen LogP contribution is -2.33. The van der Waals surface area contributed by atoms with Gasteiger partial charge in [0.25, 0.3) is 5.91 Å². The molecule has 1 saturated heterocycles. The molecule has 154 valence electrons. The maximum absolute atomic E-state index is 13.1. The highest BCUT2D eigenvalue weighted by atomic mass is 16.6. The summed E-state index contributed by atoms with van der Waals surface area (Å²) >= 11 is 0. The number of nitro groups is 1. The molecule has 29 heavy (non-hydrogen) atoms. The summed E-state index contributed by atoms with van der Waals surface area (Å²) in [6, 6.07) is 4.33. The summed E-state index contributed by atoms with van der Waals surface area (Å²) in [5.41, 5.74) is 0.922. The average molecular weight is 402 g/mol. The van der Waals surface area contributed by atoms with Gasteiger partial charge >= 0.3 is 11.7 Å². The topological polar surface area (TPSA) is 108 Å². The van der Waals surface area contributed by atoms with Gasteiger partial charge in [0, 0.05) is 18.4 Å².